The lowest BCUT2D eigenvalue weighted by molar-refractivity contribution is -0.138. The molecule has 40 heavy (non-hydrogen) atoms. The first kappa shape index (κ1) is 28.5. The molecule has 2 saturated heterocycles. The Labute approximate surface area is 242 Å². The second-order valence-corrected chi connectivity index (χ2v) is 11.3. The van der Waals surface area contributed by atoms with Gasteiger partial charge in [0.1, 0.15) is 0 Å². The number of pyridine rings is 1. The van der Waals surface area contributed by atoms with E-state index in [2.05, 4.69) is 36.9 Å². The molecule has 9 nitrogen and oxygen atoms in total. The molecule has 0 atom stereocenters. The Bertz CT molecular complexity index is 1330. The van der Waals surface area contributed by atoms with E-state index < -0.39 is 11.8 Å². The van der Waals surface area contributed by atoms with Gasteiger partial charge in [-0.1, -0.05) is 23.2 Å². The molecule has 2 aliphatic rings. The Morgan fingerprint density at radius 2 is 1.73 bits per heavy atom. The maximum atomic E-state index is 15.8. The standard InChI is InChI=1S/C28H31Cl2FN6O3/c1-35-8-10-37(11-9-35)24-2-3-25(34-33-24)40-28-27(31)20(17-36-6-4-18(5-7-36)12-26(38)39)15-23(32-28)19-13-21(29)16-22(30)14-19/h2-3,13-16,18H,4-12,17H2,1H3,(H,38,39). The highest BCUT2D eigenvalue weighted by atomic mass is 35.5. The molecule has 212 valence electrons. The summed E-state index contributed by atoms with van der Waals surface area (Å²) in [5.41, 5.74) is 1.48. The topological polar surface area (TPSA) is 94.9 Å². The quantitative estimate of drug-likeness (QED) is 0.380. The highest BCUT2D eigenvalue weighted by Gasteiger charge is 2.24. The van der Waals surface area contributed by atoms with Crippen molar-refractivity contribution in [2.75, 3.05) is 51.2 Å². The van der Waals surface area contributed by atoms with Crippen molar-refractivity contribution in [2.24, 2.45) is 5.92 Å². The van der Waals surface area contributed by atoms with E-state index in [9.17, 15) is 4.79 Å². The molecular formula is C28H31Cl2FN6O3. The number of anilines is 1. The van der Waals surface area contributed by atoms with Gasteiger partial charge >= 0.3 is 5.97 Å². The number of halogens is 3. The zero-order valence-electron chi connectivity index (χ0n) is 22.2. The molecule has 1 aromatic carbocycles. The van der Waals surface area contributed by atoms with Crippen LogP contribution in [-0.2, 0) is 11.3 Å². The molecule has 0 amide bonds. The van der Waals surface area contributed by atoms with Crippen LogP contribution in [-0.4, -0.2) is 82.4 Å². The van der Waals surface area contributed by atoms with E-state index in [0.29, 0.717) is 46.5 Å². The second kappa shape index (κ2) is 12.6. The molecule has 2 aliphatic heterocycles. The number of carboxylic acid groups (broad SMARTS) is 1. The van der Waals surface area contributed by atoms with Gasteiger partial charge in [0, 0.05) is 66.4 Å². The maximum Gasteiger partial charge on any atom is 0.303 e. The highest BCUT2D eigenvalue weighted by molar-refractivity contribution is 6.35. The predicted molar refractivity (Wildman–Crippen MR) is 152 cm³/mol. The van der Waals surface area contributed by atoms with Gasteiger partial charge in [-0.2, -0.15) is 0 Å². The van der Waals surface area contributed by atoms with Gasteiger partial charge in [-0.25, -0.2) is 9.37 Å². The van der Waals surface area contributed by atoms with Crippen LogP contribution in [0.5, 0.6) is 11.8 Å². The van der Waals surface area contributed by atoms with Crippen molar-refractivity contribution in [3.8, 4) is 23.0 Å². The molecule has 2 aromatic heterocycles. The van der Waals surface area contributed by atoms with E-state index in [4.69, 9.17) is 33.0 Å². The number of aliphatic carboxylic acids is 1. The first-order chi connectivity index (χ1) is 19.2. The molecule has 2 fully saturated rings. The zero-order chi connectivity index (χ0) is 28.2. The van der Waals surface area contributed by atoms with E-state index in [-0.39, 0.29) is 24.1 Å². The molecule has 0 aliphatic carbocycles. The number of aromatic nitrogens is 3. The number of rotatable bonds is 8. The average Bonchev–Trinajstić information content (AvgIpc) is 2.92. The van der Waals surface area contributed by atoms with Gasteiger partial charge in [0.25, 0.3) is 5.88 Å². The third-order valence-electron chi connectivity index (χ3n) is 7.38. The zero-order valence-corrected chi connectivity index (χ0v) is 23.7. The van der Waals surface area contributed by atoms with Crippen LogP contribution in [0.25, 0.3) is 11.3 Å². The summed E-state index contributed by atoms with van der Waals surface area (Å²) < 4.78 is 21.7. The fraction of sp³-hybridized carbons (Fsp3) is 0.429. The van der Waals surface area contributed by atoms with Crippen LogP contribution in [0.3, 0.4) is 0 Å². The first-order valence-corrected chi connectivity index (χ1v) is 14.0. The normalized spacial score (nSPS) is 17.2. The number of nitrogens with zero attached hydrogens (tertiary/aromatic N) is 6. The van der Waals surface area contributed by atoms with E-state index in [1.54, 1.807) is 30.3 Å². The number of likely N-dealkylation sites (N-methyl/N-ethyl adjacent to an activating group) is 1. The van der Waals surface area contributed by atoms with Crippen molar-refractivity contribution >= 4 is 35.0 Å². The van der Waals surface area contributed by atoms with Gasteiger partial charge in [-0.3, -0.25) is 9.69 Å². The SMILES string of the molecule is CN1CCN(c2ccc(Oc3nc(-c4cc(Cl)cc(Cl)c4)cc(CN4CCC(CC(=O)O)CC4)c3F)nn2)CC1. The smallest absolute Gasteiger partial charge is 0.303 e. The van der Waals surface area contributed by atoms with Gasteiger partial charge in [0.15, 0.2) is 11.6 Å². The lowest BCUT2D eigenvalue weighted by Crippen LogP contribution is -2.44. The number of hydrogen-bond donors (Lipinski definition) is 1. The molecule has 0 radical (unpaired) electrons. The Kier molecular flexibility index (Phi) is 9.00. The van der Waals surface area contributed by atoms with Crippen molar-refractivity contribution in [1.82, 2.24) is 25.0 Å². The molecule has 0 spiro atoms. The van der Waals surface area contributed by atoms with Gasteiger partial charge < -0.3 is 19.6 Å². The van der Waals surface area contributed by atoms with Crippen molar-refractivity contribution in [1.29, 1.82) is 0 Å². The lowest BCUT2D eigenvalue weighted by atomic mass is 9.93. The Balaban J connectivity index is 1.39. The van der Waals surface area contributed by atoms with Crippen LogP contribution in [0.1, 0.15) is 24.8 Å². The highest BCUT2D eigenvalue weighted by Crippen LogP contribution is 2.33. The van der Waals surface area contributed by atoms with E-state index in [1.165, 1.54) is 0 Å². The number of benzene rings is 1. The Morgan fingerprint density at radius 1 is 1.02 bits per heavy atom. The van der Waals surface area contributed by atoms with Crippen molar-refractivity contribution < 1.29 is 19.0 Å². The summed E-state index contributed by atoms with van der Waals surface area (Å²) >= 11 is 12.5. The minimum Gasteiger partial charge on any atom is -0.481 e. The molecule has 1 N–H and O–H groups in total. The van der Waals surface area contributed by atoms with Gasteiger partial charge in [-0.15, -0.1) is 10.2 Å². The summed E-state index contributed by atoms with van der Waals surface area (Å²) in [5.74, 6) is -0.592. The third-order valence-corrected chi connectivity index (χ3v) is 7.82. The number of hydrogen-bond acceptors (Lipinski definition) is 8. The number of ether oxygens (including phenoxy) is 1. The molecule has 3 aromatic rings. The fourth-order valence-electron chi connectivity index (χ4n) is 5.10. The summed E-state index contributed by atoms with van der Waals surface area (Å²) in [6, 6.07) is 10.2. The van der Waals surface area contributed by atoms with Crippen molar-refractivity contribution in [2.45, 2.75) is 25.8 Å². The van der Waals surface area contributed by atoms with Crippen LogP contribution in [0.2, 0.25) is 10.0 Å². The second-order valence-electron chi connectivity index (χ2n) is 10.4. The molecule has 5 rings (SSSR count). The molecule has 0 bridgehead atoms. The maximum absolute atomic E-state index is 15.8. The van der Waals surface area contributed by atoms with Gasteiger partial charge in [-0.05, 0) is 69.2 Å². The Morgan fingerprint density at radius 3 is 2.35 bits per heavy atom. The minimum absolute atomic E-state index is 0.131. The van der Waals surface area contributed by atoms with Crippen LogP contribution < -0.4 is 9.64 Å². The minimum atomic E-state index is -0.787. The number of piperidine rings is 1. The number of likely N-dealkylation sites (tertiary alicyclic amines) is 1. The van der Waals surface area contributed by atoms with Crippen LogP contribution >= 0.6 is 23.2 Å². The Hall–Kier alpha value is -3.05. The van der Waals surface area contributed by atoms with Crippen LogP contribution in [0.15, 0.2) is 36.4 Å². The largest absolute Gasteiger partial charge is 0.481 e. The van der Waals surface area contributed by atoms with Crippen molar-refractivity contribution in [3.05, 3.63) is 57.8 Å². The number of carboxylic acids is 1. The summed E-state index contributed by atoms with van der Waals surface area (Å²) in [6.45, 7) is 5.25. The molecule has 12 heteroatoms. The monoisotopic (exact) mass is 588 g/mol. The van der Waals surface area contributed by atoms with Crippen LogP contribution in [0.4, 0.5) is 10.2 Å². The third kappa shape index (κ3) is 7.17. The van der Waals surface area contributed by atoms with Gasteiger partial charge in [0.05, 0.1) is 5.69 Å². The fourth-order valence-corrected chi connectivity index (χ4v) is 5.62. The first-order valence-electron chi connectivity index (χ1n) is 13.3. The average molecular weight is 589 g/mol. The van der Waals surface area contributed by atoms with E-state index >= 15 is 4.39 Å². The number of carbonyl (C=O) groups is 1. The van der Waals surface area contributed by atoms with E-state index in [1.807, 2.05) is 6.07 Å². The molecule has 4 heterocycles. The molecule has 0 saturated carbocycles. The predicted octanol–water partition coefficient (Wildman–Crippen LogP) is 5.22. The van der Waals surface area contributed by atoms with Crippen LogP contribution in [0, 0.1) is 11.7 Å². The molecule has 0 unspecified atom stereocenters. The summed E-state index contributed by atoms with van der Waals surface area (Å²) in [5, 5.41) is 18.5. The van der Waals surface area contributed by atoms with Crippen molar-refractivity contribution in [3.63, 3.8) is 0 Å². The summed E-state index contributed by atoms with van der Waals surface area (Å²) in [7, 11) is 2.09. The molecular weight excluding hydrogens is 558 g/mol. The summed E-state index contributed by atoms with van der Waals surface area (Å²) in [6.07, 6.45) is 1.65. The lowest BCUT2D eigenvalue weighted by Gasteiger charge is -2.32. The summed E-state index contributed by atoms with van der Waals surface area (Å²) in [4.78, 5) is 22.1. The number of piperazine rings is 1. The van der Waals surface area contributed by atoms with E-state index in [0.717, 1.165) is 44.8 Å². The van der Waals surface area contributed by atoms with Gasteiger partial charge in [0.2, 0.25) is 5.88 Å².